The van der Waals surface area contributed by atoms with E-state index in [0.29, 0.717) is 6.10 Å². The standard InChI is InChI=1S/C15H23N3O/c1-18-8-5-14(6-9-18)19-15-4-7-16-13(10-15)11-17-12-2-3-12/h4,7,10,12,14,17H,2-3,5-6,8-9,11H2,1H3. The quantitative estimate of drug-likeness (QED) is 0.877. The normalized spacial score (nSPS) is 21.5. The molecule has 1 aliphatic carbocycles. The molecule has 0 radical (unpaired) electrons. The molecule has 0 bridgehead atoms. The molecule has 1 saturated heterocycles. The van der Waals surface area contributed by atoms with Gasteiger partial charge in [-0.05, 0) is 38.8 Å². The van der Waals surface area contributed by atoms with E-state index in [-0.39, 0.29) is 0 Å². The lowest BCUT2D eigenvalue weighted by Crippen LogP contribution is -2.35. The molecule has 3 rings (SSSR count). The molecule has 1 N–H and O–H groups in total. The Morgan fingerprint density at radius 1 is 1.32 bits per heavy atom. The van der Waals surface area contributed by atoms with Crippen molar-refractivity contribution >= 4 is 0 Å². The lowest BCUT2D eigenvalue weighted by molar-refractivity contribution is 0.114. The highest BCUT2D eigenvalue weighted by Gasteiger charge is 2.20. The SMILES string of the molecule is CN1CCC(Oc2ccnc(CNC3CC3)c2)CC1. The third kappa shape index (κ3) is 3.91. The molecule has 0 unspecified atom stereocenters. The summed E-state index contributed by atoms with van der Waals surface area (Å²) in [7, 11) is 2.17. The van der Waals surface area contributed by atoms with Gasteiger partial charge >= 0.3 is 0 Å². The van der Waals surface area contributed by atoms with Crippen molar-refractivity contribution < 1.29 is 4.74 Å². The van der Waals surface area contributed by atoms with Gasteiger partial charge in [-0.1, -0.05) is 0 Å². The van der Waals surface area contributed by atoms with Crippen molar-refractivity contribution in [1.82, 2.24) is 15.2 Å². The van der Waals surface area contributed by atoms with E-state index in [0.717, 1.165) is 50.0 Å². The highest BCUT2D eigenvalue weighted by Crippen LogP contribution is 2.21. The molecule has 0 amide bonds. The maximum atomic E-state index is 6.07. The Morgan fingerprint density at radius 2 is 2.11 bits per heavy atom. The molecule has 1 aromatic rings. The van der Waals surface area contributed by atoms with Crippen molar-refractivity contribution in [2.75, 3.05) is 20.1 Å². The Kier molecular flexibility index (Phi) is 3.99. The lowest BCUT2D eigenvalue weighted by atomic mass is 10.1. The molecule has 1 saturated carbocycles. The van der Waals surface area contributed by atoms with Crippen LogP contribution in [-0.4, -0.2) is 42.2 Å². The summed E-state index contributed by atoms with van der Waals surface area (Å²) in [4.78, 5) is 6.75. The summed E-state index contributed by atoms with van der Waals surface area (Å²) in [5.74, 6) is 0.970. The summed E-state index contributed by atoms with van der Waals surface area (Å²) in [6, 6.07) is 4.77. The molecule has 0 spiro atoms. The van der Waals surface area contributed by atoms with E-state index in [1.54, 1.807) is 0 Å². The smallest absolute Gasteiger partial charge is 0.123 e. The first-order valence-electron chi connectivity index (χ1n) is 7.33. The first-order chi connectivity index (χ1) is 9.29. The number of piperidine rings is 1. The van der Waals surface area contributed by atoms with Crippen LogP contribution >= 0.6 is 0 Å². The molecule has 1 aliphatic heterocycles. The van der Waals surface area contributed by atoms with Gasteiger partial charge in [0.05, 0.1) is 5.69 Å². The van der Waals surface area contributed by atoms with E-state index in [1.807, 2.05) is 12.3 Å². The van der Waals surface area contributed by atoms with E-state index in [4.69, 9.17) is 4.74 Å². The van der Waals surface area contributed by atoms with E-state index < -0.39 is 0 Å². The molecule has 19 heavy (non-hydrogen) atoms. The number of hydrogen-bond donors (Lipinski definition) is 1. The van der Waals surface area contributed by atoms with Gasteiger partial charge in [-0.15, -0.1) is 0 Å². The highest BCUT2D eigenvalue weighted by atomic mass is 16.5. The summed E-state index contributed by atoms with van der Waals surface area (Å²) in [6.45, 7) is 3.12. The number of hydrogen-bond acceptors (Lipinski definition) is 4. The maximum absolute atomic E-state index is 6.07. The fourth-order valence-corrected chi connectivity index (χ4v) is 2.46. The molecule has 2 fully saturated rings. The molecular weight excluding hydrogens is 238 g/mol. The van der Waals surface area contributed by atoms with Gasteiger partial charge < -0.3 is 15.0 Å². The number of pyridine rings is 1. The van der Waals surface area contributed by atoms with Crippen LogP contribution in [0.3, 0.4) is 0 Å². The minimum absolute atomic E-state index is 0.364. The largest absolute Gasteiger partial charge is 0.490 e. The molecule has 4 heteroatoms. The number of ether oxygens (including phenoxy) is 1. The molecule has 1 aromatic heterocycles. The average molecular weight is 261 g/mol. The second-order valence-corrected chi connectivity index (χ2v) is 5.76. The maximum Gasteiger partial charge on any atom is 0.123 e. The Balaban J connectivity index is 1.53. The number of likely N-dealkylation sites (tertiary alicyclic amines) is 1. The molecule has 104 valence electrons. The minimum Gasteiger partial charge on any atom is -0.490 e. The Labute approximate surface area is 115 Å². The second kappa shape index (κ2) is 5.88. The Hall–Kier alpha value is -1.13. The Morgan fingerprint density at radius 3 is 2.84 bits per heavy atom. The minimum atomic E-state index is 0.364. The first-order valence-corrected chi connectivity index (χ1v) is 7.33. The zero-order valence-electron chi connectivity index (χ0n) is 11.6. The monoisotopic (exact) mass is 261 g/mol. The lowest BCUT2D eigenvalue weighted by Gasteiger charge is -2.29. The van der Waals surface area contributed by atoms with Gasteiger partial charge in [-0.2, -0.15) is 0 Å². The van der Waals surface area contributed by atoms with Crippen molar-refractivity contribution in [2.45, 2.75) is 44.4 Å². The summed E-state index contributed by atoms with van der Waals surface area (Å²) < 4.78 is 6.07. The van der Waals surface area contributed by atoms with Crippen LogP contribution in [0.15, 0.2) is 18.3 Å². The van der Waals surface area contributed by atoms with Crippen molar-refractivity contribution in [1.29, 1.82) is 0 Å². The van der Waals surface area contributed by atoms with E-state index in [9.17, 15) is 0 Å². The fourth-order valence-electron chi connectivity index (χ4n) is 2.46. The highest BCUT2D eigenvalue weighted by molar-refractivity contribution is 5.23. The average Bonchev–Trinajstić information content (AvgIpc) is 3.24. The van der Waals surface area contributed by atoms with Crippen LogP contribution in [0.25, 0.3) is 0 Å². The van der Waals surface area contributed by atoms with Crippen LogP contribution in [0.1, 0.15) is 31.4 Å². The van der Waals surface area contributed by atoms with E-state index in [2.05, 4.69) is 28.3 Å². The molecule has 0 atom stereocenters. The van der Waals surface area contributed by atoms with Crippen molar-refractivity contribution in [2.24, 2.45) is 0 Å². The Bertz CT molecular complexity index is 412. The van der Waals surface area contributed by atoms with Crippen LogP contribution in [0, 0.1) is 0 Å². The van der Waals surface area contributed by atoms with Crippen LogP contribution < -0.4 is 10.1 Å². The predicted molar refractivity (Wildman–Crippen MR) is 75.2 cm³/mol. The van der Waals surface area contributed by atoms with Crippen LogP contribution in [0.4, 0.5) is 0 Å². The van der Waals surface area contributed by atoms with Crippen LogP contribution in [0.2, 0.25) is 0 Å². The summed E-state index contributed by atoms with van der Waals surface area (Å²) >= 11 is 0. The number of nitrogens with zero attached hydrogens (tertiary/aromatic N) is 2. The molecule has 2 heterocycles. The number of rotatable bonds is 5. The molecule has 0 aromatic carbocycles. The van der Waals surface area contributed by atoms with Gasteiger partial charge in [0.25, 0.3) is 0 Å². The van der Waals surface area contributed by atoms with Gasteiger partial charge in [0.2, 0.25) is 0 Å². The topological polar surface area (TPSA) is 37.4 Å². The van der Waals surface area contributed by atoms with Crippen molar-refractivity contribution in [3.8, 4) is 5.75 Å². The summed E-state index contributed by atoms with van der Waals surface area (Å²) in [5.41, 5.74) is 1.08. The molecule has 2 aliphatic rings. The fraction of sp³-hybridized carbons (Fsp3) is 0.667. The van der Waals surface area contributed by atoms with Crippen molar-refractivity contribution in [3.63, 3.8) is 0 Å². The van der Waals surface area contributed by atoms with Gasteiger partial charge in [-0.3, -0.25) is 4.98 Å². The zero-order valence-corrected chi connectivity index (χ0v) is 11.6. The predicted octanol–water partition coefficient (Wildman–Crippen LogP) is 1.81. The third-order valence-corrected chi connectivity index (χ3v) is 3.91. The van der Waals surface area contributed by atoms with Gasteiger partial charge in [0.15, 0.2) is 0 Å². The van der Waals surface area contributed by atoms with Gasteiger partial charge in [-0.25, -0.2) is 0 Å². The van der Waals surface area contributed by atoms with Crippen LogP contribution in [0.5, 0.6) is 5.75 Å². The van der Waals surface area contributed by atoms with E-state index >= 15 is 0 Å². The zero-order chi connectivity index (χ0) is 13.1. The number of aromatic nitrogens is 1. The van der Waals surface area contributed by atoms with Gasteiger partial charge in [0, 0.05) is 37.9 Å². The second-order valence-electron chi connectivity index (χ2n) is 5.76. The van der Waals surface area contributed by atoms with Crippen LogP contribution in [-0.2, 0) is 6.54 Å². The molecule has 4 nitrogen and oxygen atoms in total. The first kappa shape index (κ1) is 12.9. The van der Waals surface area contributed by atoms with Gasteiger partial charge in [0.1, 0.15) is 11.9 Å². The molecular formula is C15H23N3O. The number of nitrogens with one attached hydrogen (secondary N) is 1. The van der Waals surface area contributed by atoms with E-state index in [1.165, 1.54) is 12.8 Å². The third-order valence-electron chi connectivity index (χ3n) is 3.91. The summed E-state index contributed by atoms with van der Waals surface area (Å²) in [5, 5.41) is 3.48. The summed E-state index contributed by atoms with van der Waals surface area (Å²) in [6.07, 6.45) is 7.08. The van der Waals surface area contributed by atoms with Crippen molar-refractivity contribution in [3.05, 3.63) is 24.0 Å².